The topological polar surface area (TPSA) is 74.7 Å². The second kappa shape index (κ2) is 4.94. The summed E-state index contributed by atoms with van der Waals surface area (Å²) < 4.78 is 26.6. The van der Waals surface area contributed by atoms with Crippen LogP contribution in [0.4, 0.5) is 0 Å². The Hall–Kier alpha value is -1.40. The van der Waals surface area contributed by atoms with Gasteiger partial charge in [0.1, 0.15) is 0 Å². The molecule has 0 aromatic heterocycles. The molecule has 0 saturated carbocycles. The fourth-order valence-corrected chi connectivity index (χ4v) is 4.46. The van der Waals surface area contributed by atoms with Crippen LogP contribution in [0.2, 0.25) is 0 Å². The molecule has 1 fully saturated rings. The van der Waals surface area contributed by atoms with E-state index in [4.69, 9.17) is 5.11 Å². The maximum Gasteiger partial charge on any atom is 0.335 e. The van der Waals surface area contributed by atoms with E-state index in [1.807, 2.05) is 6.92 Å². The van der Waals surface area contributed by atoms with Crippen molar-refractivity contribution in [1.82, 2.24) is 4.31 Å². The minimum absolute atomic E-state index is 0.0297. The standard InChI is InChI=1S/C13H17NO4S/c1-9-5-4-8-14(9)19(17,18)12-7-3-6-11(10(12)2)13(15)16/h3,6-7,9H,4-5,8H2,1-2H3,(H,15,16). The smallest absolute Gasteiger partial charge is 0.335 e. The lowest BCUT2D eigenvalue weighted by atomic mass is 10.1. The fourth-order valence-electron chi connectivity index (χ4n) is 2.52. The molecule has 1 aliphatic heterocycles. The second-order valence-corrected chi connectivity index (χ2v) is 6.70. The molecule has 1 saturated heterocycles. The van der Waals surface area contributed by atoms with Crippen LogP contribution in [0.5, 0.6) is 0 Å². The molecule has 1 aliphatic rings. The number of benzene rings is 1. The molecule has 1 heterocycles. The van der Waals surface area contributed by atoms with E-state index >= 15 is 0 Å². The van der Waals surface area contributed by atoms with Gasteiger partial charge in [0, 0.05) is 12.6 Å². The largest absolute Gasteiger partial charge is 0.478 e. The van der Waals surface area contributed by atoms with Crippen LogP contribution < -0.4 is 0 Å². The van der Waals surface area contributed by atoms with Gasteiger partial charge in [0.25, 0.3) is 0 Å². The van der Waals surface area contributed by atoms with Gasteiger partial charge in [-0.15, -0.1) is 0 Å². The summed E-state index contributed by atoms with van der Waals surface area (Å²) in [5.74, 6) is -1.11. The predicted octanol–water partition coefficient (Wildman–Crippen LogP) is 1.87. The number of sulfonamides is 1. The van der Waals surface area contributed by atoms with Gasteiger partial charge in [-0.2, -0.15) is 4.31 Å². The Morgan fingerprint density at radius 1 is 1.42 bits per heavy atom. The average molecular weight is 283 g/mol. The molecule has 104 valence electrons. The molecule has 0 spiro atoms. The number of carboxylic acids is 1. The Labute approximate surface area is 112 Å². The van der Waals surface area contributed by atoms with Crippen LogP contribution in [-0.4, -0.2) is 36.4 Å². The molecule has 1 unspecified atom stereocenters. The van der Waals surface area contributed by atoms with E-state index < -0.39 is 16.0 Å². The summed E-state index contributed by atoms with van der Waals surface area (Å²) in [6.45, 7) is 3.91. The number of rotatable bonds is 3. The van der Waals surface area contributed by atoms with Gasteiger partial charge in [-0.1, -0.05) is 6.07 Å². The number of carboxylic acid groups (broad SMARTS) is 1. The first-order valence-electron chi connectivity index (χ1n) is 6.20. The minimum Gasteiger partial charge on any atom is -0.478 e. The Balaban J connectivity index is 2.52. The Morgan fingerprint density at radius 2 is 2.11 bits per heavy atom. The maximum absolute atomic E-state index is 12.6. The molecule has 19 heavy (non-hydrogen) atoms. The van der Waals surface area contributed by atoms with Crippen molar-refractivity contribution in [1.29, 1.82) is 0 Å². The van der Waals surface area contributed by atoms with E-state index in [2.05, 4.69) is 0 Å². The normalized spacial score (nSPS) is 20.6. The molecule has 0 aliphatic carbocycles. The number of nitrogens with zero attached hydrogens (tertiary/aromatic N) is 1. The summed E-state index contributed by atoms with van der Waals surface area (Å²) in [4.78, 5) is 11.2. The highest BCUT2D eigenvalue weighted by atomic mass is 32.2. The maximum atomic E-state index is 12.6. The molecular formula is C13H17NO4S. The molecule has 6 heteroatoms. The highest BCUT2D eigenvalue weighted by Crippen LogP contribution is 2.28. The summed E-state index contributed by atoms with van der Waals surface area (Å²) >= 11 is 0. The highest BCUT2D eigenvalue weighted by Gasteiger charge is 2.34. The van der Waals surface area contributed by atoms with Crippen molar-refractivity contribution in [2.24, 2.45) is 0 Å². The van der Waals surface area contributed by atoms with Gasteiger partial charge < -0.3 is 5.11 Å². The van der Waals surface area contributed by atoms with Crippen molar-refractivity contribution < 1.29 is 18.3 Å². The van der Waals surface area contributed by atoms with Crippen LogP contribution >= 0.6 is 0 Å². The second-order valence-electron chi connectivity index (χ2n) is 4.84. The molecule has 0 amide bonds. The van der Waals surface area contributed by atoms with Gasteiger partial charge in [0.05, 0.1) is 10.5 Å². The van der Waals surface area contributed by atoms with Crippen molar-refractivity contribution >= 4 is 16.0 Å². The van der Waals surface area contributed by atoms with Gasteiger partial charge in [0.15, 0.2) is 0 Å². The summed E-state index contributed by atoms with van der Waals surface area (Å²) in [7, 11) is -3.60. The van der Waals surface area contributed by atoms with Crippen molar-refractivity contribution in [2.75, 3.05) is 6.54 Å². The first-order chi connectivity index (χ1) is 8.85. The van der Waals surface area contributed by atoms with Gasteiger partial charge in [-0.05, 0) is 44.4 Å². The predicted molar refractivity (Wildman–Crippen MR) is 70.7 cm³/mol. The monoisotopic (exact) mass is 283 g/mol. The van der Waals surface area contributed by atoms with Gasteiger partial charge in [-0.25, -0.2) is 13.2 Å². The SMILES string of the molecule is Cc1c(C(=O)O)cccc1S(=O)(=O)N1CCCC1C. The zero-order valence-electron chi connectivity index (χ0n) is 11.0. The first kappa shape index (κ1) is 14.0. The lowest BCUT2D eigenvalue weighted by Gasteiger charge is -2.22. The van der Waals surface area contributed by atoms with Crippen LogP contribution in [0.15, 0.2) is 23.1 Å². The molecule has 5 nitrogen and oxygen atoms in total. The number of aromatic carboxylic acids is 1. The summed E-state index contributed by atoms with van der Waals surface area (Å²) in [6, 6.07) is 4.34. The highest BCUT2D eigenvalue weighted by molar-refractivity contribution is 7.89. The van der Waals surface area contributed by atoms with Crippen LogP contribution in [-0.2, 0) is 10.0 Å². The third kappa shape index (κ3) is 2.37. The third-order valence-corrected chi connectivity index (χ3v) is 5.75. The Kier molecular flexibility index (Phi) is 3.64. The first-order valence-corrected chi connectivity index (χ1v) is 7.64. The van der Waals surface area contributed by atoms with Crippen molar-refractivity contribution in [3.8, 4) is 0 Å². The Bertz CT molecular complexity index is 609. The van der Waals surface area contributed by atoms with Crippen molar-refractivity contribution in [2.45, 2.75) is 37.6 Å². The molecule has 1 atom stereocenters. The molecule has 1 aromatic rings. The number of hydrogen-bond acceptors (Lipinski definition) is 3. The van der Waals surface area contributed by atoms with Crippen LogP contribution in [0.3, 0.4) is 0 Å². The number of hydrogen-bond donors (Lipinski definition) is 1. The summed E-state index contributed by atoms with van der Waals surface area (Å²) in [5.41, 5.74) is 0.335. The van der Waals surface area contributed by atoms with Crippen LogP contribution in [0.1, 0.15) is 35.7 Å². The number of carbonyl (C=O) groups is 1. The van der Waals surface area contributed by atoms with Gasteiger partial charge in [-0.3, -0.25) is 0 Å². The minimum atomic E-state index is -3.60. The molecule has 0 bridgehead atoms. The molecule has 1 N–H and O–H groups in total. The van der Waals surface area contributed by atoms with E-state index in [1.54, 1.807) is 0 Å². The van der Waals surface area contributed by atoms with E-state index in [-0.39, 0.29) is 16.5 Å². The van der Waals surface area contributed by atoms with E-state index in [0.717, 1.165) is 12.8 Å². The Morgan fingerprint density at radius 3 is 2.63 bits per heavy atom. The molecule has 2 rings (SSSR count). The van der Waals surface area contributed by atoms with Crippen molar-refractivity contribution in [3.63, 3.8) is 0 Å². The lowest BCUT2D eigenvalue weighted by molar-refractivity contribution is 0.0696. The lowest BCUT2D eigenvalue weighted by Crippen LogP contribution is -2.34. The molecular weight excluding hydrogens is 266 g/mol. The fraction of sp³-hybridized carbons (Fsp3) is 0.462. The van der Waals surface area contributed by atoms with Crippen LogP contribution in [0.25, 0.3) is 0 Å². The van der Waals surface area contributed by atoms with Crippen molar-refractivity contribution in [3.05, 3.63) is 29.3 Å². The summed E-state index contributed by atoms with van der Waals surface area (Å²) in [6.07, 6.45) is 1.69. The molecule has 1 aromatic carbocycles. The van der Waals surface area contributed by atoms with E-state index in [9.17, 15) is 13.2 Å². The van der Waals surface area contributed by atoms with E-state index in [1.165, 1.54) is 29.4 Å². The molecule has 0 radical (unpaired) electrons. The van der Waals surface area contributed by atoms with Crippen LogP contribution in [0, 0.1) is 6.92 Å². The van der Waals surface area contributed by atoms with Gasteiger partial charge >= 0.3 is 5.97 Å². The van der Waals surface area contributed by atoms with Gasteiger partial charge in [0.2, 0.25) is 10.0 Å². The zero-order chi connectivity index (χ0) is 14.2. The quantitative estimate of drug-likeness (QED) is 0.919. The summed E-state index contributed by atoms with van der Waals surface area (Å²) in [5, 5.41) is 9.06. The van der Waals surface area contributed by atoms with E-state index in [0.29, 0.717) is 12.1 Å². The average Bonchev–Trinajstić information content (AvgIpc) is 2.75. The zero-order valence-corrected chi connectivity index (χ0v) is 11.8. The third-order valence-electron chi connectivity index (χ3n) is 3.59.